The minimum Gasteiger partial charge on any atom is -0.372 e. The summed E-state index contributed by atoms with van der Waals surface area (Å²) < 4.78 is 0. The quantitative estimate of drug-likeness (QED) is 0.687. The molecule has 142 valence electrons. The smallest absolute Gasteiger partial charge is 0.0369 e. The highest BCUT2D eigenvalue weighted by molar-refractivity contribution is 5.83. The van der Waals surface area contributed by atoms with Crippen molar-refractivity contribution in [1.29, 1.82) is 0 Å². The lowest BCUT2D eigenvalue weighted by Crippen LogP contribution is -2.25. The van der Waals surface area contributed by atoms with E-state index >= 15 is 0 Å². The van der Waals surface area contributed by atoms with E-state index in [1.54, 1.807) is 0 Å². The third-order valence-electron chi connectivity index (χ3n) is 5.76. The third-order valence-corrected chi connectivity index (χ3v) is 5.76. The molecule has 0 bridgehead atoms. The molecule has 1 aliphatic rings. The normalized spacial score (nSPS) is 14.2. The number of hydrogen-bond donors (Lipinski definition) is 0. The number of allylic oxidation sites excluding steroid dienone is 2. The summed E-state index contributed by atoms with van der Waals surface area (Å²) in [6.45, 7) is 13.2. The molecule has 1 heteroatoms. The van der Waals surface area contributed by atoms with Gasteiger partial charge in [0, 0.05) is 18.8 Å². The molecule has 0 aliphatic heterocycles. The van der Waals surface area contributed by atoms with Crippen LogP contribution in [0.5, 0.6) is 0 Å². The van der Waals surface area contributed by atoms with Crippen LogP contribution in [0.2, 0.25) is 0 Å². The highest BCUT2D eigenvalue weighted by Crippen LogP contribution is 2.31. The van der Waals surface area contributed by atoms with Crippen LogP contribution in [0.3, 0.4) is 0 Å². The summed E-state index contributed by atoms with van der Waals surface area (Å²) in [6.07, 6.45) is 7.97. The van der Waals surface area contributed by atoms with Crippen molar-refractivity contribution < 1.29 is 0 Å². The summed E-state index contributed by atoms with van der Waals surface area (Å²) >= 11 is 0. The zero-order valence-electron chi connectivity index (χ0n) is 17.6. The van der Waals surface area contributed by atoms with Gasteiger partial charge in [-0.25, -0.2) is 0 Å². The predicted molar refractivity (Wildman–Crippen MR) is 120 cm³/mol. The highest BCUT2D eigenvalue weighted by atomic mass is 15.1. The van der Waals surface area contributed by atoms with Crippen LogP contribution in [0.15, 0.2) is 48.0 Å². The van der Waals surface area contributed by atoms with E-state index in [4.69, 9.17) is 0 Å². The SMILES string of the molecule is C/C=C(\C)C1=c2cc/c(=C/CCC)cc2Cc2cc(N(CC)CC)ccc21. The van der Waals surface area contributed by atoms with Crippen LogP contribution in [-0.4, -0.2) is 13.1 Å². The van der Waals surface area contributed by atoms with Gasteiger partial charge in [0.1, 0.15) is 0 Å². The molecule has 0 saturated carbocycles. The molecule has 0 heterocycles. The molecular weight excluding hydrogens is 326 g/mol. The van der Waals surface area contributed by atoms with E-state index < -0.39 is 0 Å². The molecule has 27 heavy (non-hydrogen) atoms. The van der Waals surface area contributed by atoms with Gasteiger partial charge in [0.05, 0.1) is 0 Å². The molecule has 2 aromatic carbocycles. The van der Waals surface area contributed by atoms with Gasteiger partial charge < -0.3 is 4.90 Å². The summed E-state index contributed by atoms with van der Waals surface area (Å²) in [4.78, 5) is 2.43. The van der Waals surface area contributed by atoms with Crippen LogP contribution >= 0.6 is 0 Å². The van der Waals surface area contributed by atoms with Crippen molar-refractivity contribution >= 4 is 17.3 Å². The standard InChI is InChI=1S/C26H33N/c1-6-10-11-20-12-14-24-21(16-20)17-22-18-23(27(8-3)9-4)13-15-25(22)26(24)19(5)7-2/h7,11-16,18H,6,8-10,17H2,1-5H3/b19-7+,20-11-. The molecule has 0 radical (unpaired) electrons. The maximum Gasteiger partial charge on any atom is 0.0369 e. The fraction of sp³-hybridized carbons (Fsp3) is 0.385. The van der Waals surface area contributed by atoms with Crippen molar-refractivity contribution in [3.05, 3.63) is 75.2 Å². The van der Waals surface area contributed by atoms with Crippen molar-refractivity contribution in [2.45, 2.75) is 53.9 Å². The Labute approximate surface area is 164 Å². The topological polar surface area (TPSA) is 3.24 Å². The largest absolute Gasteiger partial charge is 0.372 e. The Morgan fingerprint density at radius 2 is 1.78 bits per heavy atom. The van der Waals surface area contributed by atoms with E-state index in [1.165, 1.54) is 50.4 Å². The van der Waals surface area contributed by atoms with Crippen molar-refractivity contribution in [2.24, 2.45) is 0 Å². The van der Waals surface area contributed by atoms with Gasteiger partial charge in [0.2, 0.25) is 0 Å². The highest BCUT2D eigenvalue weighted by Gasteiger charge is 2.19. The van der Waals surface area contributed by atoms with Gasteiger partial charge in [-0.2, -0.15) is 0 Å². The van der Waals surface area contributed by atoms with Crippen LogP contribution in [0.1, 0.15) is 64.2 Å². The average Bonchev–Trinajstić information content (AvgIpc) is 2.70. The first-order valence-corrected chi connectivity index (χ1v) is 10.5. The molecule has 0 spiro atoms. The molecule has 2 aromatic rings. The predicted octanol–water partition coefficient (Wildman–Crippen LogP) is 5.18. The summed E-state index contributed by atoms with van der Waals surface area (Å²) in [7, 11) is 0. The molecule has 0 saturated heterocycles. The molecule has 1 aliphatic carbocycles. The first-order valence-electron chi connectivity index (χ1n) is 10.5. The Hall–Kier alpha value is -2.28. The van der Waals surface area contributed by atoms with Gasteiger partial charge >= 0.3 is 0 Å². The Balaban J connectivity index is 2.22. The maximum absolute atomic E-state index is 2.43. The second kappa shape index (κ2) is 8.61. The van der Waals surface area contributed by atoms with Gasteiger partial charge in [-0.05, 0) is 90.9 Å². The number of anilines is 1. The van der Waals surface area contributed by atoms with E-state index in [0.717, 1.165) is 25.9 Å². The molecule has 0 fully saturated rings. The van der Waals surface area contributed by atoms with E-state index in [0.29, 0.717) is 0 Å². The van der Waals surface area contributed by atoms with E-state index in [1.807, 2.05) is 0 Å². The van der Waals surface area contributed by atoms with Crippen molar-refractivity contribution in [1.82, 2.24) is 0 Å². The van der Waals surface area contributed by atoms with Crippen LogP contribution < -0.4 is 15.3 Å². The Morgan fingerprint density at radius 1 is 1.00 bits per heavy atom. The van der Waals surface area contributed by atoms with Gasteiger partial charge in [-0.3, -0.25) is 0 Å². The molecule has 3 rings (SSSR count). The number of nitrogens with zero attached hydrogens (tertiary/aromatic N) is 1. The Morgan fingerprint density at radius 3 is 2.44 bits per heavy atom. The number of benzene rings is 2. The van der Waals surface area contributed by atoms with Crippen LogP contribution in [0.25, 0.3) is 11.6 Å². The molecule has 0 amide bonds. The van der Waals surface area contributed by atoms with Crippen molar-refractivity contribution in [3.63, 3.8) is 0 Å². The zero-order chi connectivity index (χ0) is 19.4. The second-order valence-electron chi connectivity index (χ2n) is 7.45. The molecule has 0 N–H and O–H groups in total. The monoisotopic (exact) mass is 359 g/mol. The lowest BCUT2D eigenvalue weighted by atomic mass is 9.83. The lowest BCUT2D eigenvalue weighted by molar-refractivity contribution is 0.864. The first-order chi connectivity index (χ1) is 13.1. The van der Waals surface area contributed by atoms with Crippen LogP contribution in [0.4, 0.5) is 5.69 Å². The molecule has 0 aromatic heterocycles. The maximum atomic E-state index is 2.43. The first kappa shape index (κ1) is 19.5. The molecule has 0 atom stereocenters. The summed E-state index contributed by atoms with van der Waals surface area (Å²) in [5, 5.41) is 2.76. The fourth-order valence-electron chi connectivity index (χ4n) is 4.12. The third kappa shape index (κ3) is 3.88. The van der Waals surface area contributed by atoms with E-state index in [-0.39, 0.29) is 0 Å². The number of unbranched alkanes of at least 4 members (excludes halogenated alkanes) is 1. The summed E-state index contributed by atoms with van der Waals surface area (Å²) in [6, 6.07) is 14.1. The number of fused-ring (bicyclic) bond motifs is 2. The molecule has 0 unspecified atom stereocenters. The van der Waals surface area contributed by atoms with Gasteiger partial charge in [0.15, 0.2) is 0 Å². The van der Waals surface area contributed by atoms with Crippen molar-refractivity contribution in [2.75, 3.05) is 18.0 Å². The molecular formula is C26H33N. The Bertz CT molecular complexity index is 958. The Kier molecular flexibility index (Phi) is 6.21. The second-order valence-corrected chi connectivity index (χ2v) is 7.45. The lowest BCUT2D eigenvalue weighted by Gasteiger charge is -2.26. The van der Waals surface area contributed by atoms with Crippen molar-refractivity contribution in [3.8, 4) is 0 Å². The average molecular weight is 360 g/mol. The van der Waals surface area contributed by atoms with Gasteiger partial charge in [0.25, 0.3) is 0 Å². The summed E-state index contributed by atoms with van der Waals surface area (Å²) in [5.74, 6) is 0. The van der Waals surface area contributed by atoms with E-state index in [2.05, 4.69) is 88.1 Å². The number of rotatable bonds is 6. The molecule has 1 nitrogen and oxygen atoms in total. The summed E-state index contributed by atoms with van der Waals surface area (Å²) in [5.41, 5.74) is 8.42. The van der Waals surface area contributed by atoms with Crippen LogP contribution in [-0.2, 0) is 6.42 Å². The zero-order valence-corrected chi connectivity index (χ0v) is 17.6. The minimum absolute atomic E-state index is 1.02. The van der Waals surface area contributed by atoms with Gasteiger partial charge in [-0.15, -0.1) is 0 Å². The van der Waals surface area contributed by atoms with Gasteiger partial charge in [-0.1, -0.05) is 49.8 Å². The van der Waals surface area contributed by atoms with Crippen LogP contribution in [0, 0.1) is 0 Å². The van der Waals surface area contributed by atoms with E-state index in [9.17, 15) is 0 Å². The minimum atomic E-state index is 1.02. The number of hydrogen-bond acceptors (Lipinski definition) is 1. The fourth-order valence-corrected chi connectivity index (χ4v) is 4.12.